The zero-order valence-corrected chi connectivity index (χ0v) is 18.4. The number of hydrogen-bond donors (Lipinski definition) is 1. The Labute approximate surface area is 190 Å². The first-order chi connectivity index (χ1) is 15.6. The number of fused-ring (bicyclic) bond motifs is 1. The van der Waals surface area contributed by atoms with E-state index in [0.717, 1.165) is 38.9 Å². The van der Waals surface area contributed by atoms with Gasteiger partial charge in [-0.15, -0.1) is 11.3 Å². The van der Waals surface area contributed by atoms with E-state index in [2.05, 4.69) is 10.3 Å². The molecule has 4 aromatic rings. The van der Waals surface area contributed by atoms with Crippen LogP contribution in [0.1, 0.15) is 23.7 Å². The lowest BCUT2D eigenvalue weighted by molar-refractivity contribution is -0.121. The van der Waals surface area contributed by atoms with Gasteiger partial charge in [0.15, 0.2) is 11.5 Å². The van der Waals surface area contributed by atoms with Crippen molar-refractivity contribution >= 4 is 17.2 Å². The molecule has 2 heterocycles. The van der Waals surface area contributed by atoms with Crippen molar-refractivity contribution in [2.75, 3.05) is 6.79 Å². The summed E-state index contributed by atoms with van der Waals surface area (Å²) in [5, 5.41) is 6.03. The lowest BCUT2D eigenvalue weighted by Crippen LogP contribution is -2.45. The third-order valence-corrected chi connectivity index (χ3v) is 6.54. The van der Waals surface area contributed by atoms with Gasteiger partial charge in [0.25, 0.3) is 0 Å². The predicted octanol–water partition coefficient (Wildman–Crippen LogP) is 5.16. The molecule has 1 aliphatic heterocycles. The van der Waals surface area contributed by atoms with Gasteiger partial charge in [-0.05, 0) is 36.2 Å². The summed E-state index contributed by atoms with van der Waals surface area (Å²) in [6.07, 6.45) is 0.205. The van der Waals surface area contributed by atoms with E-state index in [-0.39, 0.29) is 19.1 Å². The van der Waals surface area contributed by atoms with E-state index in [1.54, 1.807) is 0 Å². The molecular weight excluding hydrogens is 420 g/mol. The maximum absolute atomic E-state index is 13.1. The second-order valence-electron chi connectivity index (χ2n) is 7.79. The number of rotatable bonds is 6. The Balaban J connectivity index is 1.35. The van der Waals surface area contributed by atoms with Gasteiger partial charge in [0.1, 0.15) is 5.01 Å². The van der Waals surface area contributed by atoms with Crippen LogP contribution in [0, 0.1) is 0 Å². The highest BCUT2D eigenvalue weighted by Crippen LogP contribution is 2.37. The molecule has 1 N–H and O–H groups in total. The van der Waals surface area contributed by atoms with Crippen molar-refractivity contribution in [2.24, 2.45) is 0 Å². The number of thiazole rings is 1. The van der Waals surface area contributed by atoms with Gasteiger partial charge < -0.3 is 14.8 Å². The Kier molecular flexibility index (Phi) is 5.37. The minimum atomic E-state index is -0.643. The van der Waals surface area contributed by atoms with Crippen LogP contribution in [0.15, 0.2) is 84.2 Å². The molecule has 160 valence electrons. The van der Waals surface area contributed by atoms with E-state index in [1.807, 2.05) is 91.2 Å². The number of carbonyl (C=O) groups is 1. The zero-order chi connectivity index (χ0) is 22.0. The smallest absolute Gasteiger partial charge is 0.231 e. The Morgan fingerprint density at radius 1 is 0.969 bits per heavy atom. The molecule has 5 nitrogen and oxygen atoms in total. The lowest BCUT2D eigenvalue weighted by Gasteiger charge is -2.32. The van der Waals surface area contributed by atoms with Gasteiger partial charge in [-0.2, -0.15) is 0 Å². The van der Waals surface area contributed by atoms with Crippen LogP contribution in [0.3, 0.4) is 0 Å². The molecule has 6 heteroatoms. The molecule has 0 fully saturated rings. The van der Waals surface area contributed by atoms with Crippen LogP contribution in [-0.2, 0) is 16.8 Å². The third kappa shape index (κ3) is 3.97. The summed E-state index contributed by atoms with van der Waals surface area (Å²) in [6.45, 7) is 2.28. The number of nitrogens with zero attached hydrogens (tertiary/aromatic N) is 1. The maximum Gasteiger partial charge on any atom is 0.231 e. The van der Waals surface area contributed by atoms with E-state index in [4.69, 9.17) is 9.47 Å². The molecule has 1 aromatic heterocycles. The second kappa shape index (κ2) is 8.48. The molecule has 0 saturated heterocycles. The van der Waals surface area contributed by atoms with Crippen LogP contribution in [0.2, 0.25) is 0 Å². The number of benzene rings is 3. The number of hydrogen-bond acceptors (Lipinski definition) is 5. The Hall–Kier alpha value is -3.64. The van der Waals surface area contributed by atoms with Gasteiger partial charge in [-0.3, -0.25) is 4.79 Å². The molecule has 5 rings (SSSR count). The first-order valence-electron chi connectivity index (χ1n) is 10.4. The Morgan fingerprint density at radius 2 is 1.62 bits per heavy atom. The van der Waals surface area contributed by atoms with Gasteiger partial charge in [0, 0.05) is 10.9 Å². The monoisotopic (exact) mass is 442 g/mol. The van der Waals surface area contributed by atoms with Crippen LogP contribution in [0.4, 0.5) is 0 Å². The summed E-state index contributed by atoms with van der Waals surface area (Å²) in [5.41, 5.74) is 3.10. The van der Waals surface area contributed by atoms with Crippen molar-refractivity contribution in [3.63, 3.8) is 0 Å². The van der Waals surface area contributed by atoms with Crippen LogP contribution in [-0.4, -0.2) is 17.7 Å². The number of nitrogens with one attached hydrogen (secondary N) is 1. The van der Waals surface area contributed by atoms with E-state index in [1.165, 1.54) is 11.3 Å². The number of carbonyl (C=O) groups excluding carboxylic acids is 1. The van der Waals surface area contributed by atoms with E-state index in [0.29, 0.717) is 0 Å². The molecule has 0 spiro atoms. The predicted molar refractivity (Wildman–Crippen MR) is 125 cm³/mol. The summed E-state index contributed by atoms with van der Waals surface area (Å²) < 4.78 is 10.8. The van der Waals surface area contributed by atoms with Crippen molar-refractivity contribution in [1.29, 1.82) is 0 Å². The SMILES string of the molecule is CC(NC(=O)Cc1csc(-c2ccc3c(c2)OCO3)n1)(c1ccccc1)c1ccccc1. The third-order valence-electron chi connectivity index (χ3n) is 5.60. The van der Waals surface area contributed by atoms with Crippen LogP contribution >= 0.6 is 11.3 Å². The standard InChI is InChI=1S/C26H22N2O3S/c1-26(19-8-4-2-5-9-19,20-10-6-3-7-11-20)28-24(29)15-21-16-32-25(27-21)18-12-13-22-23(14-18)31-17-30-22/h2-14,16H,15,17H2,1H3,(H,28,29). The Bertz CT molecular complexity index is 1200. The van der Waals surface area contributed by atoms with Crippen molar-refractivity contribution in [3.05, 3.63) is 101 Å². The first-order valence-corrected chi connectivity index (χ1v) is 11.3. The van der Waals surface area contributed by atoms with Crippen molar-refractivity contribution < 1.29 is 14.3 Å². The quantitative estimate of drug-likeness (QED) is 0.448. The van der Waals surface area contributed by atoms with Crippen LogP contribution in [0.25, 0.3) is 10.6 Å². The minimum absolute atomic E-state index is 0.0808. The molecule has 1 amide bonds. The summed E-state index contributed by atoms with van der Waals surface area (Å²) in [5.74, 6) is 1.38. The number of aromatic nitrogens is 1. The average Bonchev–Trinajstić information content (AvgIpc) is 3.49. The van der Waals surface area contributed by atoms with Crippen molar-refractivity contribution in [2.45, 2.75) is 18.9 Å². The molecule has 0 saturated carbocycles. The summed E-state index contributed by atoms with van der Waals surface area (Å²) in [4.78, 5) is 17.8. The maximum atomic E-state index is 13.1. The highest BCUT2D eigenvalue weighted by Gasteiger charge is 2.30. The largest absolute Gasteiger partial charge is 0.454 e. The molecule has 1 aliphatic rings. The summed E-state index contributed by atoms with van der Waals surface area (Å²) in [6, 6.07) is 25.8. The van der Waals surface area contributed by atoms with E-state index in [9.17, 15) is 4.79 Å². The van der Waals surface area contributed by atoms with Gasteiger partial charge in [-0.25, -0.2) is 4.98 Å². The summed E-state index contributed by atoms with van der Waals surface area (Å²) in [7, 11) is 0. The zero-order valence-electron chi connectivity index (χ0n) is 17.6. The van der Waals surface area contributed by atoms with Crippen LogP contribution in [0.5, 0.6) is 11.5 Å². The lowest BCUT2D eigenvalue weighted by atomic mass is 9.84. The van der Waals surface area contributed by atoms with Gasteiger partial charge >= 0.3 is 0 Å². The highest BCUT2D eigenvalue weighted by atomic mass is 32.1. The molecule has 0 unspecified atom stereocenters. The van der Waals surface area contributed by atoms with Gasteiger partial charge in [0.05, 0.1) is 17.7 Å². The molecule has 0 aliphatic carbocycles. The first kappa shape index (κ1) is 20.3. The Morgan fingerprint density at radius 3 is 2.31 bits per heavy atom. The highest BCUT2D eigenvalue weighted by molar-refractivity contribution is 7.13. The van der Waals surface area contributed by atoms with Crippen LogP contribution < -0.4 is 14.8 Å². The van der Waals surface area contributed by atoms with E-state index < -0.39 is 5.54 Å². The number of ether oxygens (including phenoxy) is 2. The fourth-order valence-corrected chi connectivity index (χ4v) is 4.71. The topological polar surface area (TPSA) is 60.5 Å². The number of amides is 1. The minimum Gasteiger partial charge on any atom is -0.454 e. The molecule has 0 atom stereocenters. The fourth-order valence-electron chi connectivity index (χ4n) is 3.89. The second-order valence-corrected chi connectivity index (χ2v) is 8.65. The van der Waals surface area contributed by atoms with Gasteiger partial charge in [0.2, 0.25) is 12.7 Å². The molecule has 3 aromatic carbocycles. The summed E-state index contributed by atoms with van der Waals surface area (Å²) >= 11 is 1.51. The van der Waals surface area contributed by atoms with Crippen molar-refractivity contribution in [1.82, 2.24) is 10.3 Å². The van der Waals surface area contributed by atoms with Gasteiger partial charge in [-0.1, -0.05) is 60.7 Å². The molecule has 32 heavy (non-hydrogen) atoms. The molecule has 0 radical (unpaired) electrons. The van der Waals surface area contributed by atoms with Crippen molar-refractivity contribution in [3.8, 4) is 22.1 Å². The molecule has 0 bridgehead atoms. The van der Waals surface area contributed by atoms with E-state index >= 15 is 0 Å². The normalized spacial score (nSPS) is 12.5. The fraction of sp³-hybridized carbons (Fsp3) is 0.154. The molecular formula is C26H22N2O3S. The average molecular weight is 443 g/mol.